The van der Waals surface area contributed by atoms with Gasteiger partial charge in [-0.15, -0.1) is 0 Å². The highest BCUT2D eigenvalue weighted by molar-refractivity contribution is 5.82. The molecule has 1 aromatic rings. The van der Waals surface area contributed by atoms with E-state index in [1.54, 1.807) is 38.1 Å². The number of nitrogens with zero attached hydrogens (tertiary/aromatic N) is 1. The summed E-state index contributed by atoms with van der Waals surface area (Å²) in [6.45, 7) is 5.39. The molecule has 5 nitrogen and oxygen atoms in total. The number of nitrogens with one attached hydrogen (secondary N) is 1. The van der Waals surface area contributed by atoms with Crippen molar-refractivity contribution in [3.05, 3.63) is 29.8 Å². The lowest BCUT2D eigenvalue weighted by Crippen LogP contribution is -2.49. The number of hydrogen-bond acceptors (Lipinski definition) is 5. The van der Waals surface area contributed by atoms with Gasteiger partial charge in [-0.3, -0.25) is 5.32 Å². The number of phenolic OH excluding ortho intramolecular Hbond substituents is 1. The van der Waals surface area contributed by atoms with Crippen molar-refractivity contribution in [1.82, 2.24) is 10.2 Å². The first-order valence-electron chi connectivity index (χ1n) is 6.76. The molecule has 1 atom stereocenters. The number of carbonyl (C=O) groups is 1. The molecular weight excluding hydrogens is 256 g/mol. The summed E-state index contributed by atoms with van der Waals surface area (Å²) in [5, 5.41) is 12.6. The van der Waals surface area contributed by atoms with Crippen molar-refractivity contribution in [2.24, 2.45) is 0 Å². The van der Waals surface area contributed by atoms with Gasteiger partial charge in [0.1, 0.15) is 11.3 Å². The van der Waals surface area contributed by atoms with Crippen LogP contribution < -0.4 is 5.32 Å². The van der Waals surface area contributed by atoms with E-state index in [1.807, 2.05) is 19.0 Å². The molecule has 0 heterocycles. The van der Waals surface area contributed by atoms with Gasteiger partial charge in [0.25, 0.3) is 0 Å². The number of carbonyl (C=O) groups excluding carboxylic acids is 1. The summed E-state index contributed by atoms with van der Waals surface area (Å²) in [7, 11) is 3.95. The summed E-state index contributed by atoms with van der Waals surface area (Å²) in [5.74, 6) is -0.141. The number of esters is 1. The third kappa shape index (κ3) is 4.21. The molecule has 0 bridgehead atoms. The zero-order valence-corrected chi connectivity index (χ0v) is 12.6. The minimum absolute atomic E-state index is 0.174. The summed E-state index contributed by atoms with van der Waals surface area (Å²) in [6, 6.07) is 6.60. The molecule has 0 radical (unpaired) electrons. The van der Waals surface area contributed by atoms with E-state index in [9.17, 15) is 9.90 Å². The van der Waals surface area contributed by atoms with E-state index in [4.69, 9.17) is 4.74 Å². The van der Waals surface area contributed by atoms with Crippen LogP contribution in [0.25, 0.3) is 0 Å². The normalized spacial score (nSPS) is 14.1. The average Bonchev–Trinajstić information content (AvgIpc) is 2.39. The van der Waals surface area contributed by atoms with Crippen molar-refractivity contribution < 1.29 is 14.6 Å². The molecule has 0 amide bonds. The zero-order valence-electron chi connectivity index (χ0n) is 12.6. The van der Waals surface area contributed by atoms with E-state index in [2.05, 4.69) is 5.32 Å². The molecule has 2 N–H and O–H groups in total. The van der Waals surface area contributed by atoms with E-state index in [0.717, 1.165) is 12.1 Å². The van der Waals surface area contributed by atoms with E-state index < -0.39 is 5.54 Å². The van der Waals surface area contributed by atoms with Crippen LogP contribution in [-0.4, -0.2) is 49.8 Å². The molecule has 0 aliphatic rings. The first-order valence-corrected chi connectivity index (χ1v) is 6.76. The summed E-state index contributed by atoms with van der Waals surface area (Å²) in [4.78, 5) is 14.3. The molecular formula is C15H24N2O3. The zero-order chi connectivity index (χ0) is 15.2. The molecule has 0 fully saturated rings. The lowest BCUT2D eigenvalue weighted by Gasteiger charge is -2.29. The largest absolute Gasteiger partial charge is 0.508 e. The van der Waals surface area contributed by atoms with Gasteiger partial charge in [0.05, 0.1) is 6.61 Å². The SMILES string of the molecule is CCOC(=O)C(C)(NCCN(C)C)c1ccc(O)cc1. The molecule has 0 aliphatic heterocycles. The Labute approximate surface area is 120 Å². The van der Waals surface area contributed by atoms with Crippen molar-refractivity contribution in [2.45, 2.75) is 19.4 Å². The fourth-order valence-electron chi connectivity index (χ4n) is 1.89. The van der Waals surface area contributed by atoms with Crippen molar-refractivity contribution in [1.29, 1.82) is 0 Å². The number of aromatic hydroxyl groups is 1. The Morgan fingerprint density at radius 3 is 2.45 bits per heavy atom. The summed E-state index contributed by atoms with van der Waals surface area (Å²) in [6.07, 6.45) is 0. The highest BCUT2D eigenvalue weighted by Gasteiger charge is 2.36. The fourth-order valence-corrected chi connectivity index (χ4v) is 1.89. The molecule has 1 rings (SSSR count). The quantitative estimate of drug-likeness (QED) is 0.738. The van der Waals surface area contributed by atoms with Crippen molar-refractivity contribution in [3.8, 4) is 5.75 Å². The topological polar surface area (TPSA) is 61.8 Å². The second-order valence-electron chi connectivity index (χ2n) is 5.12. The first kappa shape index (κ1) is 16.5. The van der Waals surface area contributed by atoms with Gasteiger partial charge in [-0.1, -0.05) is 12.1 Å². The van der Waals surface area contributed by atoms with Crippen LogP contribution >= 0.6 is 0 Å². The van der Waals surface area contributed by atoms with Gasteiger partial charge in [-0.25, -0.2) is 4.79 Å². The van der Waals surface area contributed by atoms with Crippen molar-refractivity contribution in [3.63, 3.8) is 0 Å². The number of benzene rings is 1. The van der Waals surface area contributed by atoms with Crippen molar-refractivity contribution in [2.75, 3.05) is 33.8 Å². The van der Waals surface area contributed by atoms with Crippen LogP contribution in [0.2, 0.25) is 0 Å². The third-order valence-corrected chi connectivity index (χ3v) is 3.17. The monoisotopic (exact) mass is 280 g/mol. The van der Waals surface area contributed by atoms with Crippen LogP contribution in [0.1, 0.15) is 19.4 Å². The number of phenols is 1. The highest BCUT2D eigenvalue weighted by Crippen LogP contribution is 2.24. The minimum atomic E-state index is -0.917. The lowest BCUT2D eigenvalue weighted by atomic mass is 9.92. The minimum Gasteiger partial charge on any atom is -0.508 e. The van der Waals surface area contributed by atoms with Crippen LogP contribution in [0.15, 0.2) is 24.3 Å². The highest BCUT2D eigenvalue weighted by atomic mass is 16.5. The molecule has 0 saturated heterocycles. The summed E-state index contributed by atoms with van der Waals surface area (Å²) >= 11 is 0. The Kier molecular flexibility index (Phi) is 5.98. The molecule has 0 saturated carbocycles. The maximum absolute atomic E-state index is 12.3. The van der Waals surface area contributed by atoms with Gasteiger partial charge in [0.15, 0.2) is 0 Å². The Morgan fingerprint density at radius 2 is 1.95 bits per heavy atom. The molecule has 0 spiro atoms. The Hall–Kier alpha value is -1.59. The molecule has 20 heavy (non-hydrogen) atoms. The van der Waals surface area contributed by atoms with E-state index in [0.29, 0.717) is 13.2 Å². The average molecular weight is 280 g/mol. The van der Waals surface area contributed by atoms with Crippen LogP contribution in [0, 0.1) is 0 Å². The first-order chi connectivity index (χ1) is 9.40. The maximum Gasteiger partial charge on any atom is 0.330 e. The number of likely N-dealkylation sites (N-methyl/N-ethyl adjacent to an activating group) is 1. The van der Waals surface area contributed by atoms with Crippen LogP contribution in [0.5, 0.6) is 5.75 Å². The lowest BCUT2D eigenvalue weighted by molar-refractivity contribution is -0.151. The van der Waals surface area contributed by atoms with Gasteiger partial charge in [0, 0.05) is 13.1 Å². The Bertz CT molecular complexity index is 431. The van der Waals surface area contributed by atoms with Gasteiger partial charge in [0.2, 0.25) is 0 Å². The Balaban J connectivity index is 2.93. The molecule has 112 valence electrons. The van der Waals surface area contributed by atoms with Gasteiger partial charge in [-0.2, -0.15) is 0 Å². The standard InChI is InChI=1S/C15H24N2O3/c1-5-20-14(19)15(2,16-10-11-17(3)4)12-6-8-13(18)9-7-12/h6-9,16,18H,5,10-11H2,1-4H3. The van der Waals surface area contributed by atoms with Crippen LogP contribution in [0.4, 0.5) is 0 Å². The van der Waals surface area contributed by atoms with Gasteiger partial charge >= 0.3 is 5.97 Å². The molecule has 1 aromatic carbocycles. The number of hydrogen-bond donors (Lipinski definition) is 2. The van der Waals surface area contributed by atoms with E-state index in [-0.39, 0.29) is 11.7 Å². The van der Waals surface area contributed by atoms with Gasteiger partial charge < -0.3 is 14.7 Å². The summed E-state index contributed by atoms with van der Waals surface area (Å²) < 4.78 is 5.17. The fraction of sp³-hybridized carbons (Fsp3) is 0.533. The predicted octanol–water partition coefficient (Wildman–Crippen LogP) is 1.32. The third-order valence-electron chi connectivity index (χ3n) is 3.17. The van der Waals surface area contributed by atoms with Crippen LogP contribution in [0.3, 0.4) is 0 Å². The van der Waals surface area contributed by atoms with Crippen LogP contribution in [-0.2, 0) is 15.1 Å². The number of ether oxygens (including phenoxy) is 1. The van der Waals surface area contributed by atoms with E-state index in [1.165, 1.54) is 0 Å². The molecule has 0 aromatic heterocycles. The second-order valence-corrected chi connectivity index (χ2v) is 5.12. The predicted molar refractivity (Wildman–Crippen MR) is 78.6 cm³/mol. The molecule has 1 unspecified atom stereocenters. The molecule has 5 heteroatoms. The summed E-state index contributed by atoms with van der Waals surface area (Å²) in [5.41, 5.74) is -0.146. The molecule has 0 aliphatic carbocycles. The smallest absolute Gasteiger partial charge is 0.330 e. The Morgan fingerprint density at radius 1 is 1.35 bits per heavy atom. The second kappa shape index (κ2) is 7.26. The van der Waals surface area contributed by atoms with Crippen molar-refractivity contribution >= 4 is 5.97 Å². The number of rotatable bonds is 7. The van der Waals surface area contributed by atoms with E-state index >= 15 is 0 Å². The maximum atomic E-state index is 12.3. The van der Waals surface area contributed by atoms with Gasteiger partial charge in [-0.05, 0) is 45.6 Å².